The number of benzene rings is 2. The van der Waals surface area contributed by atoms with Crippen molar-refractivity contribution in [2.45, 2.75) is 201 Å². The molecule has 4 aliphatic rings. The van der Waals surface area contributed by atoms with Crippen LogP contribution in [0, 0.1) is 17.8 Å². The van der Waals surface area contributed by atoms with Gasteiger partial charge < -0.3 is 64.2 Å². The number of cyclic esters (lactones) is 1. The van der Waals surface area contributed by atoms with Gasteiger partial charge in [-0.15, -0.1) is 11.3 Å². The normalized spacial score (nSPS) is 37.4. The van der Waals surface area contributed by atoms with Crippen molar-refractivity contribution in [1.82, 2.24) is 15.1 Å². The van der Waals surface area contributed by atoms with Crippen LogP contribution in [0.4, 0.5) is 0 Å². The van der Waals surface area contributed by atoms with Gasteiger partial charge in [0.2, 0.25) is 5.91 Å². The summed E-state index contributed by atoms with van der Waals surface area (Å²) in [5.41, 5.74) is -1.43. The number of aliphatic hydroxyl groups excluding tert-OH is 3. The lowest BCUT2D eigenvalue weighted by atomic mass is 9.77. The molecule has 2 aromatic carbocycles. The highest BCUT2D eigenvalue weighted by atomic mass is 35.5. The zero-order valence-electron chi connectivity index (χ0n) is 47.7. The van der Waals surface area contributed by atoms with Gasteiger partial charge in [-0.05, 0) is 136 Å². The van der Waals surface area contributed by atoms with E-state index in [0.717, 1.165) is 36.2 Å². The second kappa shape index (κ2) is 26.1. The molecule has 4 aliphatic heterocycles. The Labute approximate surface area is 475 Å². The third kappa shape index (κ3) is 14.1. The van der Waals surface area contributed by atoms with Gasteiger partial charge >= 0.3 is 5.97 Å². The van der Waals surface area contributed by atoms with Crippen LogP contribution in [-0.4, -0.2) is 178 Å². The number of thiophene rings is 1. The van der Waals surface area contributed by atoms with Crippen LogP contribution >= 0.6 is 34.7 Å². The van der Waals surface area contributed by atoms with E-state index in [1.165, 1.54) is 20.1 Å². The van der Waals surface area contributed by atoms with E-state index in [2.05, 4.69) is 23.5 Å². The predicted octanol–water partition coefficient (Wildman–Crippen LogP) is 8.00. The Balaban J connectivity index is 1.14. The first-order valence-electron chi connectivity index (χ1n) is 27.6. The zero-order chi connectivity index (χ0) is 57.2. The highest BCUT2D eigenvalue weighted by molar-refractivity contribution is 7.99. The summed E-state index contributed by atoms with van der Waals surface area (Å²) in [6.45, 7) is 18.6. The molecule has 0 unspecified atom stereocenters. The van der Waals surface area contributed by atoms with Crippen LogP contribution in [0.1, 0.15) is 106 Å². The molecule has 0 aliphatic carbocycles. The first-order valence-corrected chi connectivity index (χ1v) is 29.6. The molecule has 0 bridgehead atoms. The largest absolute Gasteiger partial charge is 0.459 e. The number of nitrogens with one attached hydrogen (secondary N) is 1. The average Bonchev–Trinajstić information content (AvgIpc) is 3.79. The standard InChI is InChI=1S/C59H86ClN3O13S2/c1-14-46-59(10,70)52(66)36(6)63(25-17-24-61-47(64)23-21-39-28-41-40-18-15-16-19-44(40)78-45-22-20-38(60)27-42(45)51(41)77-39)31-32(2)29-57(8,69)54(76-56-49(65)43(62(11)12)26-33(3)72-56)34(4)50(35(5)55(68)74-46)75-48-30-58(9,71-13)53(67)37(7)73-48/h15-16,18-23,27-28,32-37,43,46,48-50,52-54,56,65-67,69-70H,14,17,24-26,29-31H2,1-13H3,(H,61,64)/b23-21+/t32-,33-,34+,35-,36-,37-,43+,46-,48-,49-,50+,52-,53+,54-,56+,57-,58-,59-/m1/s1. The Morgan fingerprint density at radius 3 is 2.33 bits per heavy atom. The number of amides is 1. The molecule has 0 radical (unpaired) electrons. The fraction of sp³-hybridized carbons (Fsp3) is 0.661. The lowest BCUT2D eigenvalue weighted by molar-refractivity contribution is -0.318. The molecule has 3 aromatic rings. The van der Waals surface area contributed by atoms with E-state index >= 15 is 0 Å². The lowest BCUT2D eigenvalue weighted by Crippen LogP contribution is -2.60. The Hall–Kier alpha value is -3.02. The van der Waals surface area contributed by atoms with E-state index in [9.17, 15) is 35.1 Å². The minimum atomic E-state index is -1.94. The van der Waals surface area contributed by atoms with Crippen LogP contribution in [0.15, 0.2) is 64.4 Å². The van der Waals surface area contributed by atoms with Crippen molar-refractivity contribution < 1.29 is 63.5 Å². The minimum absolute atomic E-state index is 0.0934. The topological polar surface area (TPSA) is 209 Å². The van der Waals surface area contributed by atoms with Crippen LogP contribution in [0.25, 0.3) is 27.6 Å². The number of nitrogens with zero attached hydrogens (tertiary/aromatic N) is 2. The van der Waals surface area contributed by atoms with Crippen molar-refractivity contribution in [2.75, 3.05) is 40.8 Å². The molecule has 16 nitrogen and oxygen atoms in total. The average molecular weight is 1140 g/mol. The molecule has 6 N–H and O–H groups in total. The number of likely N-dealkylation sites (N-methyl/N-ethyl adjacent to an activating group) is 1. The van der Waals surface area contributed by atoms with Crippen LogP contribution in [0.3, 0.4) is 0 Å². The fourth-order valence-corrected chi connectivity index (χ4v) is 14.6. The van der Waals surface area contributed by atoms with Crippen molar-refractivity contribution in [2.24, 2.45) is 17.8 Å². The van der Waals surface area contributed by atoms with Crippen molar-refractivity contribution in [3.63, 3.8) is 0 Å². The number of hydrogen-bond acceptors (Lipinski definition) is 17. The maximum Gasteiger partial charge on any atom is 0.311 e. The van der Waals surface area contributed by atoms with E-state index in [1.807, 2.05) is 88.0 Å². The summed E-state index contributed by atoms with van der Waals surface area (Å²) in [6, 6.07) is 15.3. The first-order chi connectivity index (χ1) is 36.7. The molecule has 18 atom stereocenters. The molecular weight excluding hydrogens is 1060 g/mol. The van der Waals surface area contributed by atoms with Gasteiger partial charge in [-0.1, -0.05) is 62.3 Å². The maximum atomic E-state index is 14.7. The van der Waals surface area contributed by atoms with Crippen LogP contribution in [0.5, 0.6) is 0 Å². The van der Waals surface area contributed by atoms with E-state index in [-0.39, 0.29) is 43.2 Å². The van der Waals surface area contributed by atoms with E-state index in [1.54, 1.807) is 57.7 Å². The minimum Gasteiger partial charge on any atom is -0.459 e. The van der Waals surface area contributed by atoms with Crippen molar-refractivity contribution in [1.29, 1.82) is 0 Å². The van der Waals surface area contributed by atoms with Gasteiger partial charge in [-0.2, -0.15) is 0 Å². The number of halogens is 1. The molecule has 3 fully saturated rings. The maximum absolute atomic E-state index is 14.7. The SMILES string of the molecule is CC[C@H]1OC(=O)[C@H](C)[C@@H](O[C@@H]2C[C@@](C)(OC)[C@@H](O)[C@@H](C)O2)[C@H](C)[C@@H](O[C@@H]2O[C@H](C)C[C@H](N(C)C)[C@H]2O)[C@](C)(O)C[C@@H](C)CN(CCCNC(=O)/C=C/c2cc3c(s2)-c2cc(Cl)ccc2Sc2ccccc2-3)[C@H](C)[C@@H](O)[C@]1(C)O. The molecule has 78 heavy (non-hydrogen) atoms. The Kier molecular flexibility index (Phi) is 20.9. The van der Waals surface area contributed by atoms with E-state index < -0.39 is 96.0 Å². The third-order valence-corrected chi connectivity index (χ3v) is 19.2. The van der Waals surface area contributed by atoms with Gasteiger partial charge in [0.25, 0.3) is 0 Å². The summed E-state index contributed by atoms with van der Waals surface area (Å²) in [6.07, 6.45) is -5.36. The van der Waals surface area contributed by atoms with Gasteiger partial charge in [0.1, 0.15) is 30.0 Å². The van der Waals surface area contributed by atoms with E-state index in [0.29, 0.717) is 37.5 Å². The van der Waals surface area contributed by atoms with Crippen molar-refractivity contribution >= 4 is 52.7 Å². The lowest BCUT2D eigenvalue weighted by Gasteiger charge is -2.48. The summed E-state index contributed by atoms with van der Waals surface area (Å²) in [5.74, 6) is -3.20. The second-order valence-corrected chi connectivity index (χ2v) is 25.9. The summed E-state index contributed by atoms with van der Waals surface area (Å²) in [4.78, 5) is 36.3. The molecule has 0 saturated carbocycles. The molecule has 5 heterocycles. The second-order valence-electron chi connectivity index (χ2n) is 23.3. The fourth-order valence-electron chi connectivity index (χ4n) is 12.2. The number of rotatable bonds is 13. The summed E-state index contributed by atoms with van der Waals surface area (Å²) in [7, 11) is 5.26. The van der Waals surface area contributed by atoms with Crippen LogP contribution in [0.2, 0.25) is 5.02 Å². The summed E-state index contributed by atoms with van der Waals surface area (Å²) < 4.78 is 38.3. The van der Waals surface area contributed by atoms with Crippen LogP contribution in [-0.2, 0) is 38.0 Å². The summed E-state index contributed by atoms with van der Waals surface area (Å²) >= 11 is 9.81. The molecule has 19 heteroatoms. The molecule has 3 saturated heterocycles. The van der Waals surface area contributed by atoms with Gasteiger partial charge in [0, 0.05) is 92.9 Å². The number of fused-ring (bicyclic) bond motifs is 5. The quantitative estimate of drug-likeness (QED) is 0.0426. The number of ether oxygens (including phenoxy) is 6. The number of methoxy groups -OCH3 is 1. The number of carbonyl (C=O) groups is 2. The zero-order valence-corrected chi connectivity index (χ0v) is 50.1. The van der Waals surface area contributed by atoms with Crippen molar-refractivity contribution in [3.8, 4) is 21.6 Å². The van der Waals surface area contributed by atoms with Gasteiger partial charge in [0.15, 0.2) is 12.6 Å². The third-order valence-electron chi connectivity index (χ3n) is 16.7. The van der Waals surface area contributed by atoms with Gasteiger partial charge in [0.05, 0.1) is 41.5 Å². The first kappa shape index (κ1) is 62.6. The number of carbonyl (C=O) groups excluding carboxylic acids is 2. The molecule has 7 rings (SSSR count). The smallest absolute Gasteiger partial charge is 0.311 e. The number of aliphatic hydroxyl groups is 5. The summed E-state index contributed by atoms with van der Waals surface area (Å²) in [5, 5.41) is 64.1. The number of esters is 1. The molecule has 434 valence electrons. The highest BCUT2D eigenvalue weighted by Crippen LogP contribution is 2.52. The molecular formula is C59H86ClN3O13S2. The highest BCUT2D eigenvalue weighted by Gasteiger charge is 2.53. The molecule has 1 amide bonds. The van der Waals surface area contributed by atoms with Gasteiger partial charge in [-0.3, -0.25) is 14.5 Å². The number of hydrogen-bond donors (Lipinski definition) is 6. The molecule has 0 spiro atoms. The molecule has 1 aromatic heterocycles. The van der Waals surface area contributed by atoms with E-state index in [4.69, 9.17) is 40.0 Å². The van der Waals surface area contributed by atoms with Gasteiger partial charge in [-0.25, -0.2) is 0 Å². The van der Waals surface area contributed by atoms with Crippen molar-refractivity contribution in [3.05, 3.63) is 64.5 Å². The Morgan fingerprint density at radius 1 is 0.936 bits per heavy atom. The Bertz CT molecular complexity index is 2550. The Morgan fingerprint density at radius 2 is 1.64 bits per heavy atom. The monoisotopic (exact) mass is 1140 g/mol. The van der Waals surface area contributed by atoms with Crippen LogP contribution < -0.4 is 5.32 Å². The predicted molar refractivity (Wildman–Crippen MR) is 304 cm³/mol.